The van der Waals surface area contributed by atoms with Crippen LogP contribution in [0.5, 0.6) is 0 Å². The van der Waals surface area contributed by atoms with Crippen LogP contribution in [0.3, 0.4) is 0 Å². The summed E-state index contributed by atoms with van der Waals surface area (Å²) in [5.41, 5.74) is -0.111. The Labute approximate surface area is 156 Å². The molecule has 2 fully saturated rings. The fourth-order valence-corrected chi connectivity index (χ4v) is 7.69. The number of rotatable bonds is 5. The molecule has 2 unspecified atom stereocenters. The van der Waals surface area contributed by atoms with Gasteiger partial charge in [0, 0.05) is 6.10 Å². The first-order valence-electron chi connectivity index (χ1n) is 10.6. The van der Waals surface area contributed by atoms with Gasteiger partial charge in [0.2, 0.25) is 0 Å². The highest BCUT2D eigenvalue weighted by atomic mass is 28.4. The van der Waals surface area contributed by atoms with Crippen molar-refractivity contribution in [3.63, 3.8) is 0 Å². The van der Waals surface area contributed by atoms with Crippen molar-refractivity contribution in [3.8, 4) is 0 Å². The number of hydrogen-bond donors (Lipinski definition) is 1. The molecule has 0 aromatic rings. The quantitative estimate of drug-likeness (QED) is 0.495. The molecule has 0 aromatic heterocycles. The number of allylic oxidation sites excluding steroid dienone is 1. The fraction of sp³-hybridized carbons (Fsp3) is 0.909. The molecule has 1 N–H and O–H groups in total. The topological polar surface area (TPSA) is 29.5 Å². The van der Waals surface area contributed by atoms with Gasteiger partial charge in [0.15, 0.2) is 8.32 Å². The van der Waals surface area contributed by atoms with Crippen molar-refractivity contribution < 1.29 is 9.53 Å². The highest BCUT2D eigenvalue weighted by Crippen LogP contribution is 2.59. The lowest BCUT2D eigenvalue weighted by Gasteiger charge is -2.48. The van der Waals surface area contributed by atoms with E-state index in [9.17, 15) is 5.11 Å². The maximum atomic E-state index is 10.2. The van der Waals surface area contributed by atoms with Gasteiger partial charge in [0.1, 0.15) is 0 Å². The largest absolute Gasteiger partial charge is 0.414 e. The Kier molecular flexibility index (Phi) is 5.34. The summed E-state index contributed by atoms with van der Waals surface area (Å²) in [7, 11) is -1.47. The minimum Gasteiger partial charge on any atom is -0.414 e. The smallest absolute Gasteiger partial charge is 0.184 e. The van der Waals surface area contributed by atoms with E-state index in [1.165, 1.54) is 38.5 Å². The monoisotopic (exact) mass is 364 g/mol. The van der Waals surface area contributed by atoms with Crippen molar-refractivity contribution in [1.29, 1.82) is 0 Å². The van der Waals surface area contributed by atoms with Crippen LogP contribution in [0.25, 0.3) is 0 Å². The third kappa shape index (κ3) is 4.25. The van der Waals surface area contributed by atoms with Crippen LogP contribution in [-0.4, -0.2) is 25.1 Å². The zero-order valence-corrected chi connectivity index (χ0v) is 18.3. The van der Waals surface area contributed by atoms with Gasteiger partial charge in [-0.15, -0.1) is 0 Å². The minimum atomic E-state index is -1.47. The highest BCUT2D eigenvalue weighted by Gasteiger charge is 2.53. The summed E-state index contributed by atoms with van der Waals surface area (Å²) in [4.78, 5) is 0. The summed E-state index contributed by atoms with van der Waals surface area (Å²) in [6, 6.07) is 0. The van der Waals surface area contributed by atoms with E-state index in [0.29, 0.717) is 17.4 Å². The van der Waals surface area contributed by atoms with E-state index in [2.05, 4.69) is 39.6 Å². The maximum absolute atomic E-state index is 10.2. The van der Waals surface area contributed by atoms with Crippen LogP contribution in [0, 0.1) is 29.1 Å². The van der Waals surface area contributed by atoms with Crippen LogP contribution < -0.4 is 0 Å². The molecule has 0 spiro atoms. The van der Waals surface area contributed by atoms with Crippen LogP contribution in [0.4, 0.5) is 0 Å². The molecule has 0 bridgehead atoms. The van der Waals surface area contributed by atoms with Crippen LogP contribution in [-0.2, 0) is 4.43 Å². The first-order chi connectivity index (χ1) is 11.5. The molecule has 2 saturated carbocycles. The molecule has 3 rings (SSSR count). The van der Waals surface area contributed by atoms with E-state index < -0.39 is 13.9 Å². The molecule has 0 saturated heterocycles. The minimum absolute atomic E-state index is 0.465. The molecule has 0 radical (unpaired) electrons. The summed E-state index contributed by atoms with van der Waals surface area (Å²) in [5.74, 6) is 2.89. The zero-order valence-electron chi connectivity index (χ0n) is 17.3. The predicted molar refractivity (Wildman–Crippen MR) is 108 cm³/mol. The summed E-state index contributed by atoms with van der Waals surface area (Å²) in [5, 5.41) is 10.2. The molecule has 3 aliphatic rings. The van der Waals surface area contributed by atoms with Gasteiger partial charge in [-0.2, -0.15) is 0 Å². The molecule has 0 aliphatic heterocycles. The van der Waals surface area contributed by atoms with Gasteiger partial charge in [-0.05, 0) is 94.2 Å². The van der Waals surface area contributed by atoms with E-state index in [4.69, 9.17) is 4.43 Å². The lowest BCUT2D eigenvalue weighted by molar-refractivity contribution is -0.0200. The molecule has 144 valence electrons. The second-order valence-corrected chi connectivity index (χ2v) is 15.3. The van der Waals surface area contributed by atoms with Gasteiger partial charge in [-0.3, -0.25) is 0 Å². The molecule has 0 aromatic carbocycles. The molecule has 25 heavy (non-hydrogen) atoms. The van der Waals surface area contributed by atoms with Crippen molar-refractivity contribution in [2.75, 3.05) is 0 Å². The van der Waals surface area contributed by atoms with E-state index in [-0.39, 0.29) is 0 Å². The van der Waals surface area contributed by atoms with E-state index >= 15 is 0 Å². The first kappa shape index (κ1) is 19.6. The van der Waals surface area contributed by atoms with Crippen molar-refractivity contribution in [2.24, 2.45) is 29.1 Å². The molecule has 0 amide bonds. The predicted octanol–water partition coefficient (Wildman–Crippen LogP) is 5.78. The van der Waals surface area contributed by atoms with Crippen molar-refractivity contribution in [2.45, 2.75) is 97.1 Å². The highest BCUT2D eigenvalue weighted by molar-refractivity contribution is 6.69. The normalized spacial score (nSPS) is 45.6. The lowest BCUT2D eigenvalue weighted by atomic mass is 9.61. The van der Waals surface area contributed by atoms with Gasteiger partial charge in [0.05, 0.1) is 5.60 Å². The van der Waals surface area contributed by atoms with Crippen LogP contribution >= 0.6 is 0 Å². The van der Waals surface area contributed by atoms with Gasteiger partial charge >= 0.3 is 0 Å². The lowest BCUT2D eigenvalue weighted by Crippen LogP contribution is -2.46. The third-order valence-electron chi connectivity index (χ3n) is 7.40. The molecule has 2 nitrogen and oxygen atoms in total. The number of fused-ring (bicyclic) bond motifs is 1. The number of hydrogen-bond acceptors (Lipinski definition) is 2. The van der Waals surface area contributed by atoms with Gasteiger partial charge in [-0.1, -0.05) is 32.4 Å². The standard InChI is InChI=1S/C22H40O2Si/c1-16(14-17-11-13-21(2,23)15-17)18-9-10-19-20(24-25(4,5)6)8-7-12-22(18,19)3/h11,13,16-20,23H,7-10,12,14-15H2,1-6H3/t16-,17+,18-,19?,20?,21-,22-/m1/s1. The Morgan fingerprint density at radius 2 is 1.92 bits per heavy atom. The van der Waals surface area contributed by atoms with Crippen molar-refractivity contribution in [1.82, 2.24) is 0 Å². The van der Waals surface area contributed by atoms with Crippen molar-refractivity contribution in [3.05, 3.63) is 12.2 Å². The third-order valence-corrected chi connectivity index (χ3v) is 8.41. The molecule has 3 aliphatic carbocycles. The van der Waals surface area contributed by atoms with E-state index in [1.807, 2.05) is 13.0 Å². The second kappa shape index (κ2) is 6.80. The maximum Gasteiger partial charge on any atom is 0.184 e. The van der Waals surface area contributed by atoms with E-state index in [0.717, 1.165) is 24.2 Å². The summed E-state index contributed by atoms with van der Waals surface area (Å²) >= 11 is 0. The first-order valence-corrected chi connectivity index (χ1v) is 14.0. The Morgan fingerprint density at radius 3 is 2.52 bits per heavy atom. The Balaban J connectivity index is 1.66. The van der Waals surface area contributed by atoms with Crippen molar-refractivity contribution >= 4 is 8.32 Å². The Hall–Kier alpha value is -0.123. The average molecular weight is 365 g/mol. The van der Waals surface area contributed by atoms with E-state index in [1.54, 1.807) is 0 Å². The number of aliphatic hydroxyl groups is 1. The zero-order chi connectivity index (χ0) is 18.5. The molecule has 7 atom stereocenters. The van der Waals surface area contributed by atoms with Crippen LogP contribution in [0.2, 0.25) is 19.6 Å². The average Bonchev–Trinajstić information content (AvgIpc) is 2.97. The molecular weight excluding hydrogens is 324 g/mol. The summed E-state index contributed by atoms with van der Waals surface area (Å²) < 4.78 is 6.64. The molecule has 0 heterocycles. The summed E-state index contributed by atoms with van der Waals surface area (Å²) in [6.07, 6.45) is 13.7. The Bertz CT molecular complexity index is 507. The summed E-state index contributed by atoms with van der Waals surface area (Å²) in [6.45, 7) is 14.0. The van der Waals surface area contributed by atoms with Gasteiger partial charge < -0.3 is 9.53 Å². The van der Waals surface area contributed by atoms with Gasteiger partial charge in [0.25, 0.3) is 0 Å². The van der Waals surface area contributed by atoms with Crippen LogP contribution in [0.1, 0.15) is 65.7 Å². The van der Waals surface area contributed by atoms with Crippen LogP contribution in [0.15, 0.2) is 12.2 Å². The molecular formula is C22H40O2Si. The fourth-order valence-electron chi connectivity index (χ4n) is 6.50. The second-order valence-electron chi connectivity index (χ2n) is 10.9. The SMILES string of the molecule is C[C@H](C[C@@H]1C=C[C@@](C)(O)C1)[C@H]1CCC2C(O[Si](C)(C)C)CCC[C@@]21C. The van der Waals surface area contributed by atoms with Gasteiger partial charge in [-0.25, -0.2) is 0 Å². The molecule has 3 heteroatoms. The Morgan fingerprint density at radius 1 is 1.20 bits per heavy atom.